The number of aliphatic hydroxyl groups excluding tert-OH is 1. The van der Waals surface area contributed by atoms with Gasteiger partial charge in [0.2, 0.25) is 5.89 Å². The maximum Gasteiger partial charge on any atom is 0.266 e. The minimum Gasteiger partial charge on any atom is -0.393 e. The van der Waals surface area contributed by atoms with E-state index in [1.54, 1.807) is 6.92 Å². The largest absolute Gasteiger partial charge is 0.393 e. The monoisotopic (exact) mass is 225 g/mol. The Morgan fingerprint density at radius 2 is 2.12 bits per heavy atom. The molecule has 1 unspecified atom stereocenters. The fourth-order valence-electron chi connectivity index (χ4n) is 1.90. The maximum absolute atomic E-state index is 9.17. The zero-order valence-electron chi connectivity index (χ0n) is 9.72. The Hall–Kier alpha value is -1.10. The normalized spacial score (nSPS) is 18.8. The van der Waals surface area contributed by atoms with E-state index in [1.165, 1.54) is 19.3 Å². The van der Waals surface area contributed by atoms with Crippen LogP contribution in [-0.4, -0.2) is 34.4 Å². The molecule has 1 aliphatic rings. The molecule has 5 nitrogen and oxygen atoms in total. The van der Waals surface area contributed by atoms with Crippen LogP contribution in [0.25, 0.3) is 0 Å². The van der Waals surface area contributed by atoms with E-state index in [0.29, 0.717) is 24.7 Å². The van der Waals surface area contributed by atoms with Gasteiger partial charge in [-0.05, 0) is 37.8 Å². The summed E-state index contributed by atoms with van der Waals surface area (Å²) in [6, 6.07) is 0. The van der Waals surface area contributed by atoms with Gasteiger partial charge in [-0.3, -0.25) is 0 Å². The first-order chi connectivity index (χ1) is 7.75. The predicted octanol–water partition coefficient (Wildman–Crippen LogP) is 1.37. The lowest BCUT2D eigenvalue weighted by atomic mass is 10.1. The van der Waals surface area contributed by atoms with E-state index in [1.807, 2.05) is 0 Å². The van der Waals surface area contributed by atoms with Crippen LogP contribution in [0.1, 0.15) is 38.5 Å². The van der Waals surface area contributed by atoms with Gasteiger partial charge in [0, 0.05) is 19.5 Å². The molecule has 2 heterocycles. The zero-order valence-corrected chi connectivity index (χ0v) is 9.72. The van der Waals surface area contributed by atoms with Crippen LogP contribution in [0.15, 0.2) is 4.52 Å². The Labute approximate surface area is 95.4 Å². The number of aryl methyl sites for hydroxylation is 1. The minimum atomic E-state index is -0.315. The highest BCUT2D eigenvalue weighted by atomic mass is 16.5. The van der Waals surface area contributed by atoms with Crippen LogP contribution in [-0.2, 0) is 6.42 Å². The van der Waals surface area contributed by atoms with E-state index in [4.69, 9.17) is 9.63 Å². The smallest absolute Gasteiger partial charge is 0.266 e. The van der Waals surface area contributed by atoms with Crippen LogP contribution >= 0.6 is 0 Å². The summed E-state index contributed by atoms with van der Waals surface area (Å²) in [5.41, 5.74) is 0. The molecule has 0 bridgehead atoms. The van der Waals surface area contributed by atoms with Crippen LogP contribution in [0.2, 0.25) is 0 Å². The quantitative estimate of drug-likeness (QED) is 0.838. The van der Waals surface area contributed by atoms with Crippen LogP contribution in [0.3, 0.4) is 0 Å². The average molecular weight is 225 g/mol. The third-order valence-electron chi connectivity index (χ3n) is 2.87. The van der Waals surface area contributed by atoms with Crippen LogP contribution in [0, 0.1) is 0 Å². The Bertz CT molecular complexity index is 319. The van der Waals surface area contributed by atoms with Gasteiger partial charge >= 0.3 is 0 Å². The Morgan fingerprint density at radius 1 is 1.38 bits per heavy atom. The van der Waals surface area contributed by atoms with Crippen LogP contribution < -0.4 is 4.90 Å². The van der Waals surface area contributed by atoms with Crippen molar-refractivity contribution in [1.82, 2.24) is 10.1 Å². The molecule has 16 heavy (non-hydrogen) atoms. The molecule has 0 aliphatic carbocycles. The standard InChI is InChI=1S/C11H19N3O2/c1-9(15)5-6-10-12-11(13-16-10)14-7-3-2-4-8-14/h9,15H,2-8H2,1H3. The van der Waals surface area contributed by atoms with E-state index in [2.05, 4.69) is 15.0 Å². The summed E-state index contributed by atoms with van der Waals surface area (Å²) in [6.45, 7) is 3.81. The second-order valence-electron chi connectivity index (χ2n) is 4.42. The molecule has 1 N–H and O–H groups in total. The molecule has 1 aromatic heterocycles. The highest BCUT2D eigenvalue weighted by Gasteiger charge is 2.16. The first kappa shape index (κ1) is 11.4. The van der Waals surface area contributed by atoms with E-state index < -0.39 is 0 Å². The molecular weight excluding hydrogens is 206 g/mol. The van der Waals surface area contributed by atoms with Crippen molar-refractivity contribution in [1.29, 1.82) is 0 Å². The first-order valence-electron chi connectivity index (χ1n) is 6.01. The van der Waals surface area contributed by atoms with Crippen molar-refractivity contribution >= 4 is 5.95 Å². The van der Waals surface area contributed by atoms with Gasteiger partial charge < -0.3 is 14.5 Å². The third kappa shape index (κ3) is 2.95. The third-order valence-corrected chi connectivity index (χ3v) is 2.87. The zero-order chi connectivity index (χ0) is 11.4. The summed E-state index contributed by atoms with van der Waals surface area (Å²) in [5.74, 6) is 1.33. The summed E-state index contributed by atoms with van der Waals surface area (Å²) >= 11 is 0. The second-order valence-corrected chi connectivity index (χ2v) is 4.42. The van der Waals surface area contributed by atoms with Gasteiger partial charge in [-0.25, -0.2) is 0 Å². The lowest BCUT2D eigenvalue weighted by molar-refractivity contribution is 0.180. The van der Waals surface area contributed by atoms with Gasteiger partial charge in [-0.2, -0.15) is 4.98 Å². The van der Waals surface area contributed by atoms with Crippen molar-refractivity contribution in [2.24, 2.45) is 0 Å². The number of piperidine rings is 1. The average Bonchev–Trinajstić information content (AvgIpc) is 2.76. The number of hydrogen-bond acceptors (Lipinski definition) is 5. The van der Waals surface area contributed by atoms with E-state index in [0.717, 1.165) is 13.1 Å². The number of rotatable bonds is 4. The molecule has 1 aliphatic heterocycles. The molecule has 0 amide bonds. The molecule has 1 aromatic rings. The van der Waals surface area contributed by atoms with Crippen molar-refractivity contribution < 1.29 is 9.63 Å². The van der Waals surface area contributed by atoms with Crippen molar-refractivity contribution in [2.45, 2.75) is 45.1 Å². The van der Waals surface area contributed by atoms with Crippen molar-refractivity contribution in [2.75, 3.05) is 18.0 Å². The van der Waals surface area contributed by atoms with Gasteiger partial charge in [-0.15, -0.1) is 0 Å². The Morgan fingerprint density at radius 3 is 2.81 bits per heavy atom. The molecule has 1 atom stereocenters. The molecule has 1 fully saturated rings. The predicted molar refractivity (Wildman–Crippen MR) is 60.4 cm³/mol. The van der Waals surface area contributed by atoms with Gasteiger partial charge in [-0.1, -0.05) is 0 Å². The molecule has 0 radical (unpaired) electrons. The fraction of sp³-hybridized carbons (Fsp3) is 0.818. The molecule has 2 rings (SSSR count). The molecule has 5 heteroatoms. The Kier molecular flexibility index (Phi) is 3.77. The summed E-state index contributed by atoms with van der Waals surface area (Å²) < 4.78 is 5.15. The van der Waals surface area contributed by atoms with Crippen molar-refractivity contribution in [3.05, 3.63) is 5.89 Å². The number of aromatic nitrogens is 2. The van der Waals surface area contributed by atoms with Crippen LogP contribution in [0.4, 0.5) is 5.95 Å². The SMILES string of the molecule is CC(O)CCc1nc(N2CCCCC2)no1. The highest BCUT2D eigenvalue weighted by Crippen LogP contribution is 2.16. The lowest BCUT2D eigenvalue weighted by Gasteiger charge is -2.24. The van der Waals surface area contributed by atoms with Gasteiger partial charge in [0.15, 0.2) is 0 Å². The fourth-order valence-corrected chi connectivity index (χ4v) is 1.90. The van der Waals surface area contributed by atoms with E-state index in [-0.39, 0.29) is 6.10 Å². The molecule has 90 valence electrons. The number of hydrogen-bond donors (Lipinski definition) is 1. The second kappa shape index (κ2) is 5.30. The summed E-state index contributed by atoms with van der Waals surface area (Å²) in [5, 5.41) is 13.1. The number of anilines is 1. The summed E-state index contributed by atoms with van der Waals surface area (Å²) in [4.78, 5) is 6.51. The lowest BCUT2D eigenvalue weighted by Crippen LogP contribution is -2.30. The number of aliphatic hydroxyl groups is 1. The summed E-state index contributed by atoms with van der Waals surface area (Å²) in [7, 11) is 0. The molecule has 0 saturated carbocycles. The minimum absolute atomic E-state index is 0.315. The molecule has 0 aromatic carbocycles. The van der Waals surface area contributed by atoms with Gasteiger partial charge in [0.1, 0.15) is 0 Å². The van der Waals surface area contributed by atoms with E-state index >= 15 is 0 Å². The Balaban J connectivity index is 1.90. The summed E-state index contributed by atoms with van der Waals surface area (Å²) in [6.07, 6.45) is 4.71. The molecule has 1 saturated heterocycles. The highest BCUT2D eigenvalue weighted by molar-refractivity contribution is 5.27. The molecule has 0 spiro atoms. The van der Waals surface area contributed by atoms with Crippen molar-refractivity contribution in [3.63, 3.8) is 0 Å². The number of nitrogens with zero attached hydrogens (tertiary/aromatic N) is 3. The maximum atomic E-state index is 9.17. The molecular formula is C11H19N3O2. The first-order valence-corrected chi connectivity index (χ1v) is 6.01. The van der Waals surface area contributed by atoms with Crippen LogP contribution in [0.5, 0.6) is 0 Å². The van der Waals surface area contributed by atoms with E-state index in [9.17, 15) is 0 Å². The van der Waals surface area contributed by atoms with Crippen molar-refractivity contribution in [3.8, 4) is 0 Å². The van der Waals surface area contributed by atoms with Gasteiger partial charge in [0.25, 0.3) is 5.95 Å². The topological polar surface area (TPSA) is 62.4 Å². The van der Waals surface area contributed by atoms with Gasteiger partial charge in [0.05, 0.1) is 6.10 Å².